The molecule has 2 heterocycles. The summed E-state index contributed by atoms with van der Waals surface area (Å²) in [7, 11) is -3.74. The van der Waals surface area contributed by atoms with Crippen LogP contribution in [0.5, 0.6) is 0 Å². The number of rotatable bonds is 5. The molecule has 8 nitrogen and oxygen atoms in total. The van der Waals surface area contributed by atoms with Crippen molar-refractivity contribution in [2.24, 2.45) is 5.84 Å². The van der Waals surface area contributed by atoms with Crippen LogP contribution >= 0.6 is 11.3 Å². The third kappa shape index (κ3) is 2.76. The van der Waals surface area contributed by atoms with Crippen molar-refractivity contribution >= 4 is 32.0 Å². The summed E-state index contributed by atoms with van der Waals surface area (Å²) >= 11 is 0.789. The largest absolute Gasteiger partial charge is 0.310 e. The molecule has 1 aliphatic rings. The maximum Gasteiger partial charge on any atom is 0.306 e. The van der Waals surface area contributed by atoms with Gasteiger partial charge in [-0.15, -0.1) is 0 Å². The molecule has 1 aromatic heterocycles. The Balaban J connectivity index is 2.46. The Morgan fingerprint density at radius 2 is 2.24 bits per heavy atom. The standard InChI is InChI=1S/C11H18N4O4S2/c1-3-8-5-4-7(2)14(8)21(18,19)10-6-9(15(16)17)11(13-12)20-10/h6-8,13H,3-5,12H2,1-2H3. The number of sulfonamides is 1. The molecule has 10 heteroatoms. The number of hydrogen-bond donors (Lipinski definition) is 2. The smallest absolute Gasteiger partial charge is 0.306 e. The van der Waals surface area contributed by atoms with Gasteiger partial charge in [0.05, 0.1) is 4.92 Å². The Morgan fingerprint density at radius 3 is 2.71 bits per heavy atom. The Hall–Kier alpha value is -1.23. The lowest BCUT2D eigenvalue weighted by Crippen LogP contribution is -2.39. The second-order valence-electron chi connectivity index (χ2n) is 5.00. The molecule has 0 aliphatic carbocycles. The molecule has 1 aromatic rings. The highest BCUT2D eigenvalue weighted by Crippen LogP contribution is 2.40. The third-order valence-electron chi connectivity index (χ3n) is 3.73. The molecular formula is C11H18N4O4S2. The van der Waals surface area contributed by atoms with Crippen molar-refractivity contribution in [3.63, 3.8) is 0 Å². The third-order valence-corrected chi connectivity index (χ3v) is 7.30. The molecule has 0 radical (unpaired) electrons. The second kappa shape index (κ2) is 5.87. The fourth-order valence-electron chi connectivity index (χ4n) is 2.69. The van der Waals surface area contributed by atoms with E-state index < -0.39 is 14.9 Å². The van der Waals surface area contributed by atoms with Crippen molar-refractivity contribution in [3.8, 4) is 0 Å². The second-order valence-corrected chi connectivity index (χ2v) is 8.13. The first kappa shape index (κ1) is 16.1. The van der Waals surface area contributed by atoms with Crippen LogP contribution in [0.1, 0.15) is 33.1 Å². The molecule has 118 valence electrons. The predicted octanol–water partition coefficient (Wildman–Crippen LogP) is 1.89. The van der Waals surface area contributed by atoms with Crippen LogP contribution in [-0.4, -0.2) is 29.7 Å². The number of nitro groups is 1. The van der Waals surface area contributed by atoms with E-state index in [1.165, 1.54) is 4.31 Å². The summed E-state index contributed by atoms with van der Waals surface area (Å²) in [6.45, 7) is 3.80. The van der Waals surface area contributed by atoms with E-state index in [2.05, 4.69) is 5.43 Å². The van der Waals surface area contributed by atoms with Crippen LogP contribution in [0.25, 0.3) is 0 Å². The van der Waals surface area contributed by atoms with Crippen molar-refractivity contribution in [1.29, 1.82) is 0 Å². The summed E-state index contributed by atoms with van der Waals surface area (Å²) in [5.74, 6) is 5.23. The van der Waals surface area contributed by atoms with Crippen molar-refractivity contribution in [2.45, 2.75) is 49.4 Å². The van der Waals surface area contributed by atoms with E-state index in [1.54, 1.807) is 0 Å². The molecule has 2 atom stereocenters. The van der Waals surface area contributed by atoms with Gasteiger partial charge in [0.1, 0.15) is 4.21 Å². The molecule has 1 saturated heterocycles. The first-order chi connectivity index (χ1) is 9.82. The average Bonchev–Trinajstić information content (AvgIpc) is 3.02. The molecule has 2 unspecified atom stereocenters. The number of nitrogens with two attached hydrogens (primary N) is 1. The zero-order chi connectivity index (χ0) is 15.8. The number of nitrogens with one attached hydrogen (secondary N) is 1. The van der Waals surface area contributed by atoms with Gasteiger partial charge >= 0.3 is 5.69 Å². The van der Waals surface area contributed by atoms with Crippen LogP contribution in [0, 0.1) is 10.1 Å². The summed E-state index contributed by atoms with van der Waals surface area (Å²) in [5.41, 5.74) is 1.87. The lowest BCUT2D eigenvalue weighted by atomic mass is 10.2. The van der Waals surface area contributed by atoms with Crippen LogP contribution in [0.2, 0.25) is 0 Å². The van der Waals surface area contributed by atoms with Crippen molar-refractivity contribution in [1.82, 2.24) is 4.31 Å². The highest BCUT2D eigenvalue weighted by molar-refractivity contribution is 7.91. The Labute approximate surface area is 127 Å². The minimum Gasteiger partial charge on any atom is -0.310 e. The van der Waals surface area contributed by atoms with Crippen LogP contribution < -0.4 is 11.3 Å². The van der Waals surface area contributed by atoms with Gasteiger partial charge < -0.3 is 5.43 Å². The Morgan fingerprint density at radius 1 is 1.57 bits per heavy atom. The molecular weight excluding hydrogens is 316 g/mol. The molecule has 1 fully saturated rings. The maximum absolute atomic E-state index is 12.8. The number of hydrazine groups is 1. The topological polar surface area (TPSA) is 119 Å². The molecule has 0 bridgehead atoms. The predicted molar refractivity (Wildman–Crippen MR) is 80.6 cm³/mol. The molecule has 0 aromatic carbocycles. The zero-order valence-corrected chi connectivity index (χ0v) is 13.4. The number of nitrogen functional groups attached to an aromatic ring is 1. The first-order valence-corrected chi connectivity index (χ1v) is 8.87. The molecule has 0 spiro atoms. The number of thiophene rings is 1. The van der Waals surface area contributed by atoms with Crippen LogP contribution in [0.15, 0.2) is 10.3 Å². The summed E-state index contributed by atoms with van der Waals surface area (Å²) < 4.78 is 27.0. The Kier molecular flexibility index (Phi) is 4.51. The summed E-state index contributed by atoms with van der Waals surface area (Å²) in [5, 5.41) is 11.0. The molecule has 0 saturated carbocycles. The SMILES string of the molecule is CCC1CCC(C)N1S(=O)(=O)c1cc([N+](=O)[O-])c(NN)s1. The van der Waals surface area contributed by atoms with E-state index in [0.29, 0.717) is 0 Å². The van der Waals surface area contributed by atoms with Crippen molar-refractivity contribution in [3.05, 3.63) is 16.2 Å². The van der Waals surface area contributed by atoms with Crippen molar-refractivity contribution in [2.75, 3.05) is 5.43 Å². The summed E-state index contributed by atoms with van der Waals surface area (Å²) in [6.07, 6.45) is 2.33. The van der Waals surface area contributed by atoms with E-state index in [9.17, 15) is 18.5 Å². The molecule has 21 heavy (non-hydrogen) atoms. The molecule has 3 N–H and O–H groups in total. The lowest BCUT2D eigenvalue weighted by Gasteiger charge is -2.26. The number of anilines is 1. The zero-order valence-electron chi connectivity index (χ0n) is 11.8. The summed E-state index contributed by atoms with van der Waals surface area (Å²) in [4.78, 5) is 10.3. The minimum absolute atomic E-state index is 0.0403. The van der Waals surface area contributed by atoms with E-state index in [1.807, 2.05) is 13.8 Å². The van der Waals surface area contributed by atoms with Gasteiger partial charge in [-0.1, -0.05) is 18.3 Å². The highest BCUT2D eigenvalue weighted by Gasteiger charge is 2.41. The number of hydrogen-bond acceptors (Lipinski definition) is 7. The van der Waals surface area contributed by atoms with Gasteiger partial charge in [0.25, 0.3) is 10.0 Å². The van der Waals surface area contributed by atoms with E-state index >= 15 is 0 Å². The molecule has 1 aliphatic heterocycles. The minimum atomic E-state index is -3.74. The monoisotopic (exact) mass is 334 g/mol. The lowest BCUT2D eigenvalue weighted by molar-refractivity contribution is -0.383. The molecule has 2 rings (SSSR count). The van der Waals surface area contributed by atoms with Crippen molar-refractivity contribution < 1.29 is 13.3 Å². The highest BCUT2D eigenvalue weighted by atomic mass is 32.2. The normalized spacial score (nSPS) is 23.4. The van der Waals surface area contributed by atoms with Gasteiger partial charge in [-0.05, 0) is 26.2 Å². The number of nitrogens with zero attached hydrogens (tertiary/aromatic N) is 2. The van der Waals surface area contributed by atoms with E-state index in [-0.39, 0.29) is 27.0 Å². The molecule has 0 amide bonds. The van der Waals surface area contributed by atoms with Gasteiger partial charge in [-0.25, -0.2) is 14.3 Å². The maximum atomic E-state index is 12.8. The Bertz CT molecular complexity index is 643. The fourth-order valence-corrected chi connectivity index (χ4v) is 5.99. The van der Waals surface area contributed by atoms with E-state index in [4.69, 9.17) is 5.84 Å². The first-order valence-electron chi connectivity index (χ1n) is 6.61. The fraction of sp³-hybridized carbons (Fsp3) is 0.636. The van der Waals surface area contributed by atoms with E-state index in [0.717, 1.165) is 36.7 Å². The van der Waals surface area contributed by atoms with Crippen LogP contribution in [-0.2, 0) is 10.0 Å². The van der Waals surface area contributed by atoms with Crippen LogP contribution in [0.4, 0.5) is 10.7 Å². The van der Waals surface area contributed by atoms with Gasteiger partial charge in [0, 0.05) is 18.2 Å². The quantitative estimate of drug-likeness (QED) is 0.482. The van der Waals surface area contributed by atoms with Gasteiger partial charge in [0.2, 0.25) is 0 Å². The summed E-state index contributed by atoms with van der Waals surface area (Å²) in [6, 6.07) is 0.920. The van der Waals surface area contributed by atoms with Gasteiger partial charge in [-0.3, -0.25) is 10.1 Å². The van der Waals surface area contributed by atoms with Gasteiger partial charge in [-0.2, -0.15) is 4.31 Å². The average molecular weight is 334 g/mol. The van der Waals surface area contributed by atoms with Crippen LogP contribution in [0.3, 0.4) is 0 Å². The van der Waals surface area contributed by atoms with Gasteiger partial charge in [0.15, 0.2) is 5.00 Å².